The first kappa shape index (κ1) is 20.4. The van der Waals surface area contributed by atoms with Gasteiger partial charge in [-0.1, -0.05) is 60.7 Å². The number of nitrogens with one attached hydrogen (secondary N) is 1. The second kappa shape index (κ2) is 8.58. The highest BCUT2D eigenvalue weighted by Crippen LogP contribution is 2.25. The van der Waals surface area contributed by atoms with Gasteiger partial charge in [-0.2, -0.15) is 10.2 Å². The lowest BCUT2D eigenvalue weighted by atomic mass is 10.0. The number of hydrogen-bond acceptors (Lipinski definition) is 5. The van der Waals surface area contributed by atoms with E-state index in [4.69, 9.17) is 5.73 Å². The van der Waals surface area contributed by atoms with Gasteiger partial charge < -0.3 is 11.1 Å². The van der Waals surface area contributed by atoms with Crippen molar-refractivity contribution < 1.29 is 9.59 Å². The average Bonchev–Trinajstić information content (AvgIpc) is 3.47. The summed E-state index contributed by atoms with van der Waals surface area (Å²) in [7, 11) is 0. The van der Waals surface area contributed by atoms with E-state index < -0.39 is 11.9 Å². The number of hydrogen-bond donors (Lipinski definition) is 2. The van der Waals surface area contributed by atoms with Crippen LogP contribution in [0.25, 0.3) is 10.8 Å². The molecule has 0 fully saturated rings. The average molecular weight is 438 g/mol. The molecule has 8 nitrogen and oxygen atoms in total. The van der Waals surface area contributed by atoms with Gasteiger partial charge in [0.2, 0.25) is 5.91 Å². The zero-order valence-corrected chi connectivity index (χ0v) is 17.8. The Kier molecular flexibility index (Phi) is 5.32. The zero-order valence-electron chi connectivity index (χ0n) is 17.8. The maximum absolute atomic E-state index is 13.0. The van der Waals surface area contributed by atoms with E-state index in [2.05, 4.69) is 33.7 Å². The van der Waals surface area contributed by atoms with Gasteiger partial charge in [0.25, 0.3) is 5.91 Å². The summed E-state index contributed by atoms with van der Waals surface area (Å²) < 4.78 is 1.73. The Balaban J connectivity index is 1.37. The Morgan fingerprint density at radius 1 is 0.970 bits per heavy atom. The van der Waals surface area contributed by atoms with Crippen molar-refractivity contribution in [2.24, 2.45) is 10.8 Å². The number of carbonyl (C=O) groups is 2. The van der Waals surface area contributed by atoms with Crippen LogP contribution in [0.1, 0.15) is 12.0 Å². The number of primary amides is 1. The van der Waals surface area contributed by atoms with Crippen LogP contribution in [0.15, 0.2) is 90.2 Å². The highest BCUT2D eigenvalue weighted by molar-refractivity contribution is 6.44. The Hall–Kier alpha value is -4.46. The Bertz CT molecular complexity index is 1360. The van der Waals surface area contributed by atoms with Gasteiger partial charge in [0, 0.05) is 12.5 Å². The summed E-state index contributed by atoms with van der Waals surface area (Å²) in [5.41, 5.74) is 7.61. The number of para-hydroxylation sites is 1. The first-order valence-electron chi connectivity index (χ1n) is 10.6. The molecule has 2 amide bonds. The fourth-order valence-corrected chi connectivity index (χ4v) is 4.03. The number of benzene rings is 3. The molecule has 4 aromatic rings. The van der Waals surface area contributed by atoms with Gasteiger partial charge >= 0.3 is 0 Å². The Labute approximate surface area is 190 Å². The topological polar surface area (TPSA) is 106 Å². The molecule has 8 heteroatoms. The number of amides is 2. The molecule has 2 heterocycles. The normalized spacial score (nSPS) is 15.5. The van der Waals surface area contributed by atoms with Crippen LogP contribution in [0.4, 0.5) is 11.5 Å². The van der Waals surface area contributed by atoms with Crippen molar-refractivity contribution in [3.63, 3.8) is 0 Å². The van der Waals surface area contributed by atoms with Crippen molar-refractivity contribution in [1.29, 1.82) is 0 Å². The van der Waals surface area contributed by atoms with E-state index in [-0.39, 0.29) is 18.0 Å². The minimum atomic E-state index is -0.714. The number of rotatable bonds is 6. The van der Waals surface area contributed by atoms with E-state index in [9.17, 15) is 9.59 Å². The number of aromatic nitrogens is 2. The first-order valence-corrected chi connectivity index (χ1v) is 10.6. The molecule has 164 valence electrons. The van der Waals surface area contributed by atoms with Crippen LogP contribution in [0.3, 0.4) is 0 Å². The van der Waals surface area contributed by atoms with E-state index in [0.29, 0.717) is 18.1 Å². The van der Waals surface area contributed by atoms with Crippen molar-refractivity contribution in [3.05, 3.63) is 90.6 Å². The molecule has 1 aliphatic rings. The second-order valence-electron chi connectivity index (χ2n) is 7.82. The van der Waals surface area contributed by atoms with Crippen LogP contribution in [-0.4, -0.2) is 33.3 Å². The smallest absolute Gasteiger partial charge is 0.273 e. The molecule has 33 heavy (non-hydrogen) atoms. The highest BCUT2D eigenvalue weighted by Gasteiger charge is 2.35. The molecule has 3 aromatic carbocycles. The van der Waals surface area contributed by atoms with Crippen molar-refractivity contribution in [2.45, 2.75) is 19.0 Å². The van der Waals surface area contributed by atoms with Crippen molar-refractivity contribution in [1.82, 2.24) is 9.78 Å². The number of carbonyl (C=O) groups excluding carboxylic acids is 2. The molecule has 0 saturated heterocycles. The van der Waals surface area contributed by atoms with Crippen LogP contribution < -0.4 is 16.1 Å². The summed E-state index contributed by atoms with van der Waals surface area (Å²) in [6.07, 6.45) is 1.77. The number of nitrogens with zero attached hydrogens (tertiary/aromatic N) is 4. The van der Waals surface area contributed by atoms with Gasteiger partial charge in [-0.15, -0.1) is 0 Å². The lowest BCUT2D eigenvalue weighted by Gasteiger charge is -2.20. The fraction of sp³-hybridized carbons (Fsp3) is 0.120. The molecular formula is C25H22N6O2. The third kappa shape index (κ3) is 4.06. The minimum Gasteiger partial charge on any atom is -0.368 e. The van der Waals surface area contributed by atoms with Crippen LogP contribution >= 0.6 is 0 Å². The van der Waals surface area contributed by atoms with Crippen LogP contribution in [0.2, 0.25) is 0 Å². The maximum atomic E-state index is 13.0. The minimum absolute atomic E-state index is 0.132. The lowest BCUT2D eigenvalue weighted by molar-refractivity contribution is -0.119. The summed E-state index contributed by atoms with van der Waals surface area (Å²) >= 11 is 0. The van der Waals surface area contributed by atoms with Gasteiger partial charge in [-0.3, -0.25) is 14.6 Å². The number of fused-ring (bicyclic) bond motifs is 1. The number of hydrazone groups is 1. The van der Waals surface area contributed by atoms with Crippen LogP contribution in [0.5, 0.6) is 0 Å². The number of anilines is 2. The molecule has 1 unspecified atom stereocenters. The van der Waals surface area contributed by atoms with Gasteiger partial charge in [-0.05, 0) is 28.5 Å². The van der Waals surface area contributed by atoms with E-state index in [1.165, 1.54) is 5.01 Å². The predicted molar refractivity (Wildman–Crippen MR) is 128 cm³/mol. The fourth-order valence-electron chi connectivity index (χ4n) is 4.03. The predicted octanol–water partition coefficient (Wildman–Crippen LogP) is 3.14. The molecule has 3 N–H and O–H groups in total. The van der Waals surface area contributed by atoms with Crippen molar-refractivity contribution >= 4 is 39.8 Å². The molecule has 0 spiro atoms. The molecule has 0 aliphatic carbocycles. The van der Waals surface area contributed by atoms with Crippen LogP contribution in [-0.2, 0) is 16.1 Å². The quantitative estimate of drug-likeness (QED) is 0.482. The summed E-state index contributed by atoms with van der Waals surface area (Å²) in [4.78, 5) is 25.0. The standard InChI is InChI=1S/C25H22N6O2/c26-24(32)22-15-21(29-31(22)19-10-2-1-3-11-19)25(33)28-23-13-14-27-30(23)16-18-9-6-8-17-7-4-5-12-20(17)18/h1-14,22H,15-16H2,(H2,26,32)(H,28,33). The number of nitrogens with two attached hydrogens (primary N) is 1. The molecule has 1 aromatic heterocycles. The molecule has 0 saturated carbocycles. The highest BCUT2D eigenvalue weighted by atomic mass is 16.2. The summed E-state index contributed by atoms with van der Waals surface area (Å²) in [6.45, 7) is 0.497. The summed E-state index contributed by atoms with van der Waals surface area (Å²) in [5, 5.41) is 15.5. The van der Waals surface area contributed by atoms with E-state index in [1.54, 1.807) is 16.9 Å². The van der Waals surface area contributed by atoms with E-state index >= 15 is 0 Å². The van der Waals surface area contributed by atoms with Gasteiger partial charge in [-0.25, -0.2) is 4.68 Å². The monoisotopic (exact) mass is 438 g/mol. The van der Waals surface area contributed by atoms with Gasteiger partial charge in [0.1, 0.15) is 17.6 Å². The maximum Gasteiger partial charge on any atom is 0.273 e. The summed E-state index contributed by atoms with van der Waals surface area (Å²) in [6, 6.07) is 24.5. The molecular weight excluding hydrogens is 416 g/mol. The Morgan fingerprint density at radius 3 is 2.55 bits per heavy atom. The van der Waals surface area contributed by atoms with Crippen molar-refractivity contribution in [3.8, 4) is 0 Å². The molecule has 0 radical (unpaired) electrons. The molecule has 5 rings (SSSR count). The van der Waals surface area contributed by atoms with Gasteiger partial charge in [0.15, 0.2) is 0 Å². The van der Waals surface area contributed by atoms with Gasteiger partial charge in [0.05, 0.1) is 18.4 Å². The van der Waals surface area contributed by atoms with Crippen LogP contribution in [0, 0.1) is 0 Å². The lowest BCUT2D eigenvalue weighted by Crippen LogP contribution is -2.39. The molecule has 1 aliphatic heterocycles. The molecule has 1 atom stereocenters. The Morgan fingerprint density at radius 2 is 1.73 bits per heavy atom. The largest absolute Gasteiger partial charge is 0.368 e. The second-order valence-corrected chi connectivity index (χ2v) is 7.82. The third-order valence-corrected chi connectivity index (χ3v) is 5.68. The van der Waals surface area contributed by atoms with Crippen molar-refractivity contribution in [2.75, 3.05) is 10.3 Å². The summed E-state index contributed by atoms with van der Waals surface area (Å²) in [5.74, 6) is -0.379. The SMILES string of the molecule is NC(=O)C1CC(C(=O)Nc2ccnn2Cc2cccc3ccccc23)=NN1c1ccccc1. The van der Waals surface area contributed by atoms with E-state index in [1.807, 2.05) is 54.6 Å². The molecule has 0 bridgehead atoms. The first-order chi connectivity index (χ1) is 16.1. The van der Waals surface area contributed by atoms with E-state index in [0.717, 1.165) is 16.3 Å². The third-order valence-electron chi connectivity index (χ3n) is 5.68. The zero-order chi connectivity index (χ0) is 22.8.